The molecule has 0 amide bonds. The molecule has 0 radical (unpaired) electrons. The highest BCUT2D eigenvalue weighted by Crippen LogP contribution is 2.44. The summed E-state index contributed by atoms with van der Waals surface area (Å²) in [7, 11) is 1.50. The smallest absolute Gasteiger partial charge is 0.336 e. The van der Waals surface area contributed by atoms with Gasteiger partial charge in [-0.15, -0.1) is 0 Å². The number of aliphatic hydroxyl groups is 1. The fourth-order valence-electron chi connectivity index (χ4n) is 3.47. The molecule has 1 aromatic heterocycles. The van der Waals surface area contributed by atoms with Crippen molar-refractivity contribution in [3.8, 4) is 17.2 Å². The van der Waals surface area contributed by atoms with Gasteiger partial charge >= 0.3 is 5.97 Å². The van der Waals surface area contributed by atoms with Gasteiger partial charge in [-0.25, -0.2) is 14.8 Å². The van der Waals surface area contributed by atoms with E-state index in [1.165, 1.54) is 7.11 Å². The lowest BCUT2D eigenvalue weighted by Gasteiger charge is -2.30. The van der Waals surface area contributed by atoms with Crippen molar-refractivity contribution in [3.05, 3.63) is 29.3 Å². The van der Waals surface area contributed by atoms with Crippen molar-refractivity contribution in [2.24, 2.45) is 0 Å². The van der Waals surface area contributed by atoms with E-state index in [1.807, 2.05) is 0 Å². The number of methoxy groups -OCH3 is 1. The molecule has 1 aliphatic rings. The summed E-state index contributed by atoms with van der Waals surface area (Å²) in [5, 5.41) is 40.9. The number of phenolic OH excluding ortho intramolecular Hbond substituents is 2. The zero-order valence-corrected chi connectivity index (χ0v) is 13.9. The first-order valence-corrected chi connectivity index (χ1v) is 8.01. The number of aromatic hydroxyl groups is 2. The molecule has 0 spiro atoms. The quantitative estimate of drug-likeness (QED) is 0.401. The number of benzene rings is 2. The van der Waals surface area contributed by atoms with Crippen LogP contribution in [0.4, 0.5) is 0 Å². The van der Waals surface area contributed by atoms with E-state index in [9.17, 15) is 25.2 Å². The van der Waals surface area contributed by atoms with E-state index >= 15 is 0 Å². The SMILES string of the molecule is COc1cccc2nc3c(O)c4c(c(O)c3nc12)CCC(O)(C(=O)O)C4. The number of carbonyl (C=O) groups is 1. The second kappa shape index (κ2) is 5.43. The van der Waals surface area contributed by atoms with Crippen molar-refractivity contribution < 1.29 is 30.0 Å². The number of fused-ring (bicyclic) bond motifs is 3. The first kappa shape index (κ1) is 16.3. The minimum absolute atomic E-state index is 0.0524. The number of rotatable bonds is 2. The van der Waals surface area contributed by atoms with Gasteiger partial charge in [-0.3, -0.25) is 0 Å². The van der Waals surface area contributed by atoms with E-state index in [4.69, 9.17) is 4.74 Å². The lowest BCUT2D eigenvalue weighted by molar-refractivity contribution is -0.159. The highest BCUT2D eigenvalue weighted by atomic mass is 16.5. The van der Waals surface area contributed by atoms with Crippen LogP contribution in [-0.4, -0.2) is 49.1 Å². The minimum Gasteiger partial charge on any atom is -0.505 e. The molecule has 8 heteroatoms. The van der Waals surface area contributed by atoms with Crippen LogP contribution in [0.2, 0.25) is 0 Å². The standard InChI is InChI=1S/C18H16N2O6/c1-26-11-4-2-3-10-12(11)20-14-13(19-10)16(22)9-7-18(25,17(23)24)6-5-8(9)15(14)21/h2-4,21-22,25H,5-7H2,1H3,(H,23,24). The molecule has 3 aromatic rings. The number of ether oxygens (including phenoxy) is 1. The van der Waals surface area contributed by atoms with Crippen LogP contribution in [0.1, 0.15) is 17.5 Å². The van der Waals surface area contributed by atoms with Crippen LogP contribution < -0.4 is 4.74 Å². The third kappa shape index (κ3) is 2.15. The summed E-state index contributed by atoms with van der Waals surface area (Å²) in [6.07, 6.45) is -0.290. The summed E-state index contributed by atoms with van der Waals surface area (Å²) in [5.41, 5.74) is -0.369. The largest absolute Gasteiger partial charge is 0.505 e. The number of aromatic nitrogens is 2. The van der Waals surface area contributed by atoms with E-state index in [0.717, 1.165) is 0 Å². The molecule has 134 valence electrons. The predicted octanol–water partition coefficient (Wildman–Crippen LogP) is 1.51. The normalized spacial score (nSPS) is 19.5. The van der Waals surface area contributed by atoms with Gasteiger partial charge in [0.05, 0.1) is 12.6 Å². The van der Waals surface area contributed by atoms with E-state index in [-0.39, 0.29) is 47.4 Å². The lowest BCUT2D eigenvalue weighted by atomic mass is 9.79. The molecule has 4 N–H and O–H groups in total. The highest BCUT2D eigenvalue weighted by Gasteiger charge is 2.42. The topological polar surface area (TPSA) is 133 Å². The monoisotopic (exact) mass is 356 g/mol. The molecule has 0 saturated heterocycles. The molecule has 8 nitrogen and oxygen atoms in total. The lowest BCUT2D eigenvalue weighted by Crippen LogP contribution is -2.43. The van der Waals surface area contributed by atoms with Crippen molar-refractivity contribution in [2.45, 2.75) is 24.9 Å². The Morgan fingerprint density at radius 2 is 1.81 bits per heavy atom. The zero-order valence-electron chi connectivity index (χ0n) is 13.9. The van der Waals surface area contributed by atoms with Crippen LogP contribution in [0.15, 0.2) is 18.2 Å². The summed E-state index contributed by atoms with van der Waals surface area (Å²) < 4.78 is 5.27. The second-order valence-corrected chi connectivity index (χ2v) is 6.42. The van der Waals surface area contributed by atoms with Gasteiger partial charge in [0.1, 0.15) is 33.8 Å². The number of carboxylic acids is 1. The van der Waals surface area contributed by atoms with E-state index in [1.54, 1.807) is 18.2 Å². The summed E-state index contributed by atoms with van der Waals surface area (Å²) in [6, 6.07) is 5.12. The molecule has 1 heterocycles. The van der Waals surface area contributed by atoms with Gasteiger partial charge in [0.15, 0.2) is 5.60 Å². The summed E-state index contributed by atoms with van der Waals surface area (Å²) in [6.45, 7) is 0. The highest BCUT2D eigenvalue weighted by molar-refractivity contribution is 5.97. The number of nitrogens with zero attached hydrogens (tertiary/aromatic N) is 2. The third-order valence-electron chi connectivity index (χ3n) is 4.92. The Kier molecular flexibility index (Phi) is 3.42. The molecule has 0 bridgehead atoms. The van der Waals surface area contributed by atoms with Crippen LogP contribution in [0.3, 0.4) is 0 Å². The Morgan fingerprint density at radius 1 is 1.12 bits per heavy atom. The number of aliphatic carboxylic acids is 1. The third-order valence-corrected chi connectivity index (χ3v) is 4.92. The zero-order chi connectivity index (χ0) is 18.6. The molecule has 1 unspecified atom stereocenters. The van der Waals surface area contributed by atoms with E-state index in [0.29, 0.717) is 22.3 Å². The molecule has 4 rings (SSSR count). The number of hydrogen-bond acceptors (Lipinski definition) is 7. The summed E-state index contributed by atoms with van der Waals surface area (Å²) in [5.74, 6) is -1.32. The summed E-state index contributed by atoms with van der Waals surface area (Å²) in [4.78, 5) is 20.1. The van der Waals surface area contributed by atoms with Gasteiger partial charge < -0.3 is 25.2 Å². The number of hydrogen-bond donors (Lipinski definition) is 4. The molecule has 1 aliphatic carbocycles. The van der Waals surface area contributed by atoms with Crippen molar-refractivity contribution in [1.29, 1.82) is 0 Å². The molecular formula is C18H16N2O6. The van der Waals surface area contributed by atoms with Gasteiger partial charge in [0.2, 0.25) is 0 Å². The first-order valence-electron chi connectivity index (χ1n) is 8.01. The minimum atomic E-state index is -1.99. The molecule has 0 aliphatic heterocycles. The maximum absolute atomic E-state index is 11.4. The molecule has 26 heavy (non-hydrogen) atoms. The van der Waals surface area contributed by atoms with Gasteiger partial charge in [0.25, 0.3) is 0 Å². The van der Waals surface area contributed by atoms with E-state index < -0.39 is 11.6 Å². The average Bonchev–Trinajstić information content (AvgIpc) is 2.64. The van der Waals surface area contributed by atoms with Crippen molar-refractivity contribution in [1.82, 2.24) is 9.97 Å². The molecular weight excluding hydrogens is 340 g/mol. The second-order valence-electron chi connectivity index (χ2n) is 6.42. The predicted molar refractivity (Wildman–Crippen MR) is 91.5 cm³/mol. The molecule has 0 fully saturated rings. The van der Waals surface area contributed by atoms with Gasteiger partial charge in [0, 0.05) is 17.5 Å². The van der Waals surface area contributed by atoms with E-state index in [2.05, 4.69) is 9.97 Å². The van der Waals surface area contributed by atoms with Crippen LogP contribution in [-0.2, 0) is 17.6 Å². The number of carboxylic acid groups (broad SMARTS) is 1. The maximum atomic E-state index is 11.4. The Hall–Kier alpha value is -3.13. The Balaban J connectivity index is 2.04. The van der Waals surface area contributed by atoms with Crippen LogP contribution in [0, 0.1) is 0 Å². The van der Waals surface area contributed by atoms with Crippen molar-refractivity contribution >= 4 is 28.0 Å². The average molecular weight is 356 g/mol. The van der Waals surface area contributed by atoms with Gasteiger partial charge in [-0.1, -0.05) is 6.07 Å². The Morgan fingerprint density at radius 3 is 2.50 bits per heavy atom. The maximum Gasteiger partial charge on any atom is 0.336 e. The van der Waals surface area contributed by atoms with Crippen LogP contribution >= 0.6 is 0 Å². The summed E-state index contributed by atoms with van der Waals surface area (Å²) >= 11 is 0. The number of phenols is 2. The van der Waals surface area contributed by atoms with Crippen molar-refractivity contribution in [3.63, 3.8) is 0 Å². The van der Waals surface area contributed by atoms with Gasteiger partial charge in [-0.2, -0.15) is 0 Å². The first-order chi connectivity index (χ1) is 12.4. The Bertz CT molecular complexity index is 1080. The van der Waals surface area contributed by atoms with Gasteiger partial charge in [-0.05, 0) is 25.0 Å². The van der Waals surface area contributed by atoms with Crippen LogP contribution in [0.5, 0.6) is 17.2 Å². The van der Waals surface area contributed by atoms with Crippen LogP contribution in [0.25, 0.3) is 22.1 Å². The van der Waals surface area contributed by atoms with Crippen molar-refractivity contribution in [2.75, 3.05) is 7.11 Å². The fraction of sp³-hybridized carbons (Fsp3) is 0.278. The number of para-hydroxylation sites is 1. The molecule has 2 aromatic carbocycles. The molecule has 1 atom stereocenters. The molecule has 0 saturated carbocycles. The Labute approximate surface area is 147 Å². The fourth-order valence-corrected chi connectivity index (χ4v) is 3.47.